The summed E-state index contributed by atoms with van der Waals surface area (Å²) in [6.45, 7) is 2.89. The number of anilines is 1. The Kier molecular flexibility index (Phi) is 4.88. The number of terminal acetylenes is 1. The predicted octanol–water partition coefficient (Wildman–Crippen LogP) is 3.77. The zero-order valence-corrected chi connectivity index (χ0v) is 14.1. The minimum Gasteiger partial charge on any atom is -0.325 e. The lowest BCUT2D eigenvalue weighted by atomic mass is 10.2. The van der Waals surface area contributed by atoms with Crippen LogP contribution in [-0.2, 0) is 11.3 Å². The van der Waals surface area contributed by atoms with Gasteiger partial charge in [0.1, 0.15) is 0 Å². The number of amides is 1. The average Bonchev–Trinajstić information content (AvgIpc) is 2.97. The molecule has 0 aliphatic rings. The number of carbonyl (C=O) groups is 1. The molecule has 0 spiro atoms. The molecule has 0 atom stereocenters. The van der Waals surface area contributed by atoms with Crippen molar-refractivity contribution in [3.8, 4) is 12.3 Å². The largest absolute Gasteiger partial charge is 0.325 e. The molecule has 1 aromatic heterocycles. The Morgan fingerprint density at radius 1 is 1.29 bits per heavy atom. The van der Waals surface area contributed by atoms with Crippen molar-refractivity contribution in [2.45, 2.75) is 18.6 Å². The first-order chi connectivity index (χ1) is 11.7. The molecule has 3 rings (SSSR count). The van der Waals surface area contributed by atoms with Crippen LogP contribution in [0.1, 0.15) is 12.5 Å². The number of hydrogen-bond acceptors (Lipinski definition) is 3. The molecule has 0 saturated carbocycles. The zero-order chi connectivity index (χ0) is 16.9. The fourth-order valence-electron chi connectivity index (χ4n) is 2.48. The van der Waals surface area contributed by atoms with Crippen molar-refractivity contribution in [2.75, 3.05) is 11.1 Å². The molecule has 0 saturated heterocycles. The van der Waals surface area contributed by atoms with Crippen LogP contribution in [0.15, 0.2) is 53.7 Å². The molecular weight excluding hydrogens is 318 g/mol. The van der Waals surface area contributed by atoms with E-state index in [0.717, 1.165) is 28.3 Å². The number of nitrogens with zero attached hydrogens (tertiary/aromatic N) is 2. The van der Waals surface area contributed by atoms with Crippen LogP contribution in [0.5, 0.6) is 0 Å². The number of aryl methyl sites for hydroxylation is 1. The third-order valence-electron chi connectivity index (χ3n) is 3.58. The van der Waals surface area contributed by atoms with Crippen molar-refractivity contribution in [3.63, 3.8) is 0 Å². The van der Waals surface area contributed by atoms with E-state index in [4.69, 9.17) is 6.42 Å². The van der Waals surface area contributed by atoms with Gasteiger partial charge >= 0.3 is 0 Å². The maximum Gasteiger partial charge on any atom is 0.234 e. The summed E-state index contributed by atoms with van der Waals surface area (Å²) in [5, 5.41) is 3.72. The van der Waals surface area contributed by atoms with Crippen LogP contribution in [0.3, 0.4) is 0 Å². The van der Waals surface area contributed by atoms with Gasteiger partial charge in [-0.2, -0.15) is 0 Å². The van der Waals surface area contributed by atoms with Crippen molar-refractivity contribution in [3.05, 3.63) is 54.1 Å². The van der Waals surface area contributed by atoms with E-state index in [9.17, 15) is 4.79 Å². The highest BCUT2D eigenvalue weighted by Gasteiger charge is 2.11. The second-order valence-electron chi connectivity index (χ2n) is 5.19. The molecule has 0 unspecified atom stereocenters. The maximum atomic E-state index is 12.2. The number of fused-ring (bicyclic) bond motifs is 1. The molecule has 1 heterocycles. The van der Waals surface area contributed by atoms with Crippen LogP contribution in [0.2, 0.25) is 0 Å². The molecule has 5 heteroatoms. The minimum absolute atomic E-state index is 0.0797. The second kappa shape index (κ2) is 7.24. The third-order valence-corrected chi connectivity index (χ3v) is 4.56. The van der Waals surface area contributed by atoms with Gasteiger partial charge in [0.15, 0.2) is 5.16 Å². The van der Waals surface area contributed by atoms with E-state index in [1.807, 2.05) is 42.5 Å². The highest BCUT2D eigenvalue weighted by Crippen LogP contribution is 2.24. The van der Waals surface area contributed by atoms with Gasteiger partial charge in [0.2, 0.25) is 5.91 Å². The molecule has 4 nitrogen and oxygen atoms in total. The molecule has 0 aliphatic heterocycles. The number of imidazole rings is 1. The van der Waals surface area contributed by atoms with Crippen molar-refractivity contribution < 1.29 is 4.79 Å². The van der Waals surface area contributed by atoms with Gasteiger partial charge in [-0.25, -0.2) is 4.98 Å². The van der Waals surface area contributed by atoms with Gasteiger partial charge in [-0.3, -0.25) is 4.79 Å². The van der Waals surface area contributed by atoms with E-state index >= 15 is 0 Å². The van der Waals surface area contributed by atoms with Crippen molar-refractivity contribution in [1.82, 2.24) is 9.55 Å². The lowest BCUT2D eigenvalue weighted by molar-refractivity contribution is -0.113. The Morgan fingerprint density at radius 2 is 2.12 bits per heavy atom. The Labute approximate surface area is 145 Å². The molecule has 0 bridgehead atoms. The molecule has 1 N–H and O–H groups in total. The molecule has 0 radical (unpaired) electrons. The normalized spacial score (nSPS) is 10.5. The van der Waals surface area contributed by atoms with Crippen LogP contribution >= 0.6 is 11.8 Å². The fourth-order valence-corrected chi connectivity index (χ4v) is 3.36. The van der Waals surface area contributed by atoms with Crippen molar-refractivity contribution in [2.24, 2.45) is 0 Å². The Morgan fingerprint density at radius 3 is 2.92 bits per heavy atom. The number of carbonyl (C=O) groups excluding carboxylic acids is 1. The monoisotopic (exact) mass is 335 g/mol. The van der Waals surface area contributed by atoms with Gasteiger partial charge in [0.25, 0.3) is 0 Å². The van der Waals surface area contributed by atoms with Crippen molar-refractivity contribution in [1.29, 1.82) is 0 Å². The van der Waals surface area contributed by atoms with Crippen LogP contribution in [0, 0.1) is 12.3 Å². The predicted molar refractivity (Wildman–Crippen MR) is 99.1 cm³/mol. The number of benzene rings is 2. The summed E-state index contributed by atoms with van der Waals surface area (Å²) in [6.07, 6.45) is 5.38. The molecule has 24 heavy (non-hydrogen) atoms. The maximum absolute atomic E-state index is 12.2. The van der Waals surface area contributed by atoms with Gasteiger partial charge in [-0.1, -0.05) is 35.9 Å². The van der Waals surface area contributed by atoms with E-state index in [2.05, 4.69) is 27.7 Å². The number of hydrogen-bond donors (Lipinski definition) is 1. The van der Waals surface area contributed by atoms with Crippen molar-refractivity contribution >= 4 is 34.4 Å². The number of thioether (sulfide) groups is 1. The van der Waals surface area contributed by atoms with E-state index in [0.29, 0.717) is 11.4 Å². The SMILES string of the molecule is C#Cc1cccc(NC(=O)CSc2nc3ccccc3n2CC)c1. The lowest BCUT2D eigenvalue weighted by Crippen LogP contribution is -2.14. The van der Waals surface area contributed by atoms with E-state index in [1.54, 1.807) is 6.07 Å². The molecule has 3 aromatic rings. The third kappa shape index (κ3) is 3.44. The minimum atomic E-state index is -0.0797. The Balaban J connectivity index is 1.69. The summed E-state index contributed by atoms with van der Waals surface area (Å²) >= 11 is 1.43. The van der Waals surface area contributed by atoms with Gasteiger partial charge < -0.3 is 9.88 Å². The summed E-state index contributed by atoms with van der Waals surface area (Å²) in [4.78, 5) is 16.8. The standard InChI is InChI=1S/C19H17N3OS/c1-3-14-8-7-9-15(12-14)20-18(23)13-24-19-21-16-10-5-6-11-17(16)22(19)4-2/h1,5-12H,4,13H2,2H3,(H,20,23). The summed E-state index contributed by atoms with van der Waals surface area (Å²) in [7, 11) is 0. The highest BCUT2D eigenvalue weighted by atomic mass is 32.2. The summed E-state index contributed by atoms with van der Waals surface area (Å²) in [5.41, 5.74) is 3.49. The summed E-state index contributed by atoms with van der Waals surface area (Å²) < 4.78 is 2.12. The molecule has 2 aromatic carbocycles. The Hall–Kier alpha value is -2.71. The molecule has 120 valence electrons. The Bertz CT molecular complexity index is 924. The fraction of sp³-hybridized carbons (Fsp3) is 0.158. The number of para-hydroxylation sites is 2. The van der Waals surface area contributed by atoms with Crippen LogP contribution in [0.25, 0.3) is 11.0 Å². The first kappa shape index (κ1) is 16.2. The topological polar surface area (TPSA) is 46.9 Å². The molecular formula is C19H17N3OS. The van der Waals surface area contributed by atoms with Gasteiger partial charge in [-0.15, -0.1) is 6.42 Å². The number of nitrogens with one attached hydrogen (secondary N) is 1. The van der Waals surface area contributed by atoms with Crippen LogP contribution in [0.4, 0.5) is 5.69 Å². The smallest absolute Gasteiger partial charge is 0.234 e. The average molecular weight is 335 g/mol. The van der Waals surface area contributed by atoms with Crippen LogP contribution in [-0.4, -0.2) is 21.2 Å². The highest BCUT2D eigenvalue weighted by molar-refractivity contribution is 7.99. The van der Waals surface area contributed by atoms with Gasteiger partial charge in [-0.05, 0) is 37.3 Å². The van der Waals surface area contributed by atoms with E-state index < -0.39 is 0 Å². The first-order valence-electron chi connectivity index (χ1n) is 7.66. The summed E-state index contributed by atoms with van der Waals surface area (Å²) in [5.74, 6) is 2.77. The first-order valence-corrected chi connectivity index (χ1v) is 8.64. The van der Waals surface area contributed by atoms with Gasteiger partial charge in [0.05, 0.1) is 16.8 Å². The van der Waals surface area contributed by atoms with E-state index in [-0.39, 0.29) is 5.91 Å². The summed E-state index contributed by atoms with van der Waals surface area (Å²) in [6, 6.07) is 15.2. The lowest BCUT2D eigenvalue weighted by Gasteiger charge is -2.07. The molecule has 1 amide bonds. The second-order valence-corrected chi connectivity index (χ2v) is 6.13. The molecule has 0 fully saturated rings. The quantitative estimate of drug-likeness (QED) is 0.570. The van der Waals surface area contributed by atoms with Crippen LogP contribution < -0.4 is 5.32 Å². The zero-order valence-electron chi connectivity index (χ0n) is 13.3. The van der Waals surface area contributed by atoms with E-state index in [1.165, 1.54) is 11.8 Å². The number of rotatable bonds is 5. The molecule has 0 aliphatic carbocycles. The number of aromatic nitrogens is 2. The van der Waals surface area contributed by atoms with Gasteiger partial charge in [0, 0.05) is 17.8 Å².